The summed E-state index contributed by atoms with van der Waals surface area (Å²) in [6.45, 7) is 5.67. The summed E-state index contributed by atoms with van der Waals surface area (Å²) in [6.07, 6.45) is 35.4. The molecule has 1 amide bonds. The number of hydrogen-bond donors (Lipinski definition) is 1. The predicted octanol–water partition coefficient (Wildman–Crippen LogP) is 10.2. The highest BCUT2D eigenvalue weighted by Crippen LogP contribution is 2.45. The van der Waals surface area contributed by atoms with Crippen LogP contribution in [0.25, 0.3) is 0 Å². The number of hydrogen-bond acceptors (Lipinski definition) is 2. The molecule has 0 unspecified atom stereocenters. The molecular formula is C35H68N2O. The second kappa shape index (κ2) is 22.2. The quantitative estimate of drug-likeness (QED) is 0.119. The Hall–Kier alpha value is -0.570. The van der Waals surface area contributed by atoms with E-state index in [1.54, 1.807) is 0 Å². The zero-order valence-electron chi connectivity index (χ0n) is 26.3. The Morgan fingerprint density at radius 3 is 1.66 bits per heavy atom. The van der Waals surface area contributed by atoms with Crippen LogP contribution in [-0.2, 0) is 4.79 Å². The van der Waals surface area contributed by atoms with Crippen LogP contribution in [0.1, 0.15) is 181 Å². The topological polar surface area (TPSA) is 32.3 Å². The highest BCUT2D eigenvalue weighted by atomic mass is 16.2. The second-order valence-corrected chi connectivity index (χ2v) is 13.3. The molecule has 0 radical (unpaired) electrons. The fraction of sp³-hybridized carbons (Fsp3) is 0.971. The third-order valence-corrected chi connectivity index (χ3v) is 9.70. The van der Waals surface area contributed by atoms with Gasteiger partial charge in [-0.1, -0.05) is 149 Å². The predicted molar refractivity (Wildman–Crippen MR) is 167 cm³/mol. The highest BCUT2D eigenvalue weighted by Gasteiger charge is 2.35. The van der Waals surface area contributed by atoms with E-state index in [0.29, 0.717) is 11.9 Å². The van der Waals surface area contributed by atoms with Crippen LogP contribution in [0.4, 0.5) is 0 Å². The minimum Gasteiger partial charge on any atom is -0.352 e. The van der Waals surface area contributed by atoms with Gasteiger partial charge in [0, 0.05) is 6.04 Å². The maximum atomic E-state index is 13.1. The van der Waals surface area contributed by atoms with Crippen LogP contribution in [0, 0.1) is 11.8 Å². The molecule has 1 saturated carbocycles. The van der Waals surface area contributed by atoms with E-state index in [1.165, 1.54) is 161 Å². The Bertz CT molecular complexity index is 564. The van der Waals surface area contributed by atoms with Gasteiger partial charge in [0.05, 0.1) is 6.04 Å². The Labute approximate surface area is 239 Å². The molecule has 1 saturated heterocycles. The normalized spacial score (nSPS) is 22.4. The molecule has 4 atom stereocenters. The first-order valence-corrected chi connectivity index (χ1v) is 17.7. The van der Waals surface area contributed by atoms with Gasteiger partial charge in [-0.05, 0) is 57.5 Å². The average molecular weight is 533 g/mol. The minimum atomic E-state index is 0.104. The van der Waals surface area contributed by atoms with E-state index in [2.05, 4.69) is 31.1 Å². The van der Waals surface area contributed by atoms with Crippen LogP contribution < -0.4 is 5.32 Å². The molecule has 1 heterocycles. The second-order valence-electron chi connectivity index (χ2n) is 13.3. The number of likely N-dealkylation sites (tertiary alicyclic amines) is 1. The molecular weight excluding hydrogens is 464 g/mol. The molecule has 2 fully saturated rings. The van der Waals surface area contributed by atoms with E-state index < -0.39 is 0 Å². The van der Waals surface area contributed by atoms with Gasteiger partial charge in [0.2, 0.25) is 5.91 Å². The van der Waals surface area contributed by atoms with Crippen molar-refractivity contribution in [3.8, 4) is 0 Å². The van der Waals surface area contributed by atoms with Crippen LogP contribution in [-0.4, -0.2) is 36.5 Å². The molecule has 3 heteroatoms. The van der Waals surface area contributed by atoms with Gasteiger partial charge in [-0.15, -0.1) is 0 Å². The maximum Gasteiger partial charge on any atom is 0.237 e. The first-order chi connectivity index (χ1) is 18.7. The van der Waals surface area contributed by atoms with Crippen LogP contribution in [0.5, 0.6) is 0 Å². The van der Waals surface area contributed by atoms with Crippen LogP contribution >= 0.6 is 0 Å². The van der Waals surface area contributed by atoms with E-state index in [4.69, 9.17) is 0 Å². The number of amides is 1. The van der Waals surface area contributed by atoms with Gasteiger partial charge >= 0.3 is 0 Å². The van der Waals surface area contributed by atoms with Crippen molar-refractivity contribution in [1.29, 1.82) is 0 Å². The summed E-state index contributed by atoms with van der Waals surface area (Å²) in [5.41, 5.74) is 0. The number of nitrogens with zero attached hydrogens (tertiary/aromatic N) is 1. The fourth-order valence-corrected chi connectivity index (χ4v) is 6.87. The third-order valence-electron chi connectivity index (χ3n) is 9.70. The van der Waals surface area contributed by atoms with Gasteiger partial charge in [-0.25, -0.2) is 0 Å². The van der Waals surface area contributed by atoms with E-state index in [9.17, 15) is 4.79 Å². The molecule has 0 spiro atoms. The number of piperidine rings is 1. The van der Waals surface area contributed by atoms with Crippen LogP contribution in [0.15, 0.2) is 0 Å². The van der Waals surface area contributed by atoms with Gasteiger partial charge in [-0.3, -0.25) is 9.69 Å². The van der Waals surface area contributed by atoms with Gasteiger partial charge in [-0.2, -0.15) is 0 Å². The number of nitrogens with one attached hydrogen (secondary N) is 1. The van der Waals surface area contributed by atoms with Crippen LogP contribution in [0.2, 0.25) is 0 Å². The van der Waals surface area contributed by atoms with E-state index in [-0.39, 0.29) is 6.04 Å². The standard InChI is InChI=1S/C35H68N2O/c1-4-6-8-10-12-16-20-26-33(36-35(38)34-28-22-23-29-37(34)3)27-21-17-13-15-19-25-32-30-31(32)24-18-14-11-9-7-5-2/h31-34H,4-30H2,1-3H3,(H,36,38)/t31-,32-,33-,34+/m1/s1. The van der Waals surface area contributed by atoms with Crippen molar-refractivity contribution in [3.63, 3.8) is 0 Å². The van der Waals surface area contributed by atoms with Gasteiger partial charge in [0.1, 0.15) is 0 Å². The van der Waals surface area contributed by atoms with Crippen molar-refractivity contribution in [3.05, 3.63) is 0 Å². The molecule has 0 aromatic rings. The van der Waals surface area contributed by atoms with Crippen molar-refractivity contribution >= 4 is 5.91 Å². The third kappa shape index (κ3) is 15.9. The SMILES string of the molecule is CCCCCCCCC[C@H](CCCCCCC[C@@H]1C[C@H]1CCCCCCCC)NC(=O)[C@@H]1CCCCN1C. The smallest absolute Gasteiger partial charge is 0.237 e. The molecule has 1 aliphatic carbocycles. The van der Waals surface area contributed by atoms with E-state index in [0.717, 1.165) is 24.8 Å². The van der Waals surface area contributed by atoms with Gasteiger partial charge < -0.3 is 5.32 Å². The summed E-state index contributed by atoms with van der Waals surface area (Å²) in [4.78, 5) is 15.3. The maximum absolute atomic E-state index is 13.1. The summed E-state index contributed by atoms with van der Waals surface area (Å²) in [6, 6.07) is 0.496. The van der Waals surface area contributed by atoms with E-state index >= 15 is 0 Å². The zero-order chi connectivity index (χ0) is 27.3. The van der Waals surface area contributed by atoms with Crippen LogP contribution in [0.3, 0.4) is 0 Å². The lowest BCUT2D eigenvalue weighted by atomic mass is 9.98. The van der Waals surface area contributed by atoms with Crippen molar-refractivity contribution in [2.24, 2.45) is 11.8 Å². The van der Waals surface area contributed by atoms with Crippen molar-refractivity contribution in [2.45, 2.75) is 193 Å². The number of unbranched alkanes of at least 4 members (excludes halogenated alkanes) is 15. The molecule has 2 aliphatic rings. The first-order valence-electron chi connectivity index (χ1n) is 17.7. The molecule has 224 valence electrons. The molecule has 1 N–H and O–H groups in total. The molecule has 2 rings (SSSR count). The molecule has 0 aromatic heterocycles. The fourth-order valence-electron chi connectivity index (χ4n) is 6.87. The number of carbonyl (C=O) groups excluding carboxylic acids is 1. The molecule has 3 nitrogen and oxygen atoms in total. The lowest BCUT2D eigenvalue weighted by Gasteiger charge is -2.32. The molecule has 0 bridgehead atoms. The number of rotatable bonds is 25. The lowest BCUT2D eigenvalue weighted by molar-refractivity contribution is -0.127. The average Bonchev–Trinajstić information content (AvgIpc) is 3.67. The Morgan fingerprint density at radius 2 is 1.16 bits per heavy atom. The number of carbonyl (C=O) groups is 1. The minimum absolute atomic E-state index is 0.104. The Kier molecular flexibility index (Phi) is 19.6. The molecule has 38 heavy (non-hydrogen) atoms. The highest BCUT2D eigenvalue weighted by molar-refractivity contribution is 5.82. The van der Waals surface area contributed by atoms with Crippen molar-refractivity contribution in [1.82, 2.24) is 10.2 Å². The Morgan fingerprint density at radius 1 is 0.684 bits per heavy atom. The summed E-state index contributed by atoms with van der Waals surface area (Å²) in [7, 11) is 2.13. The largest absolute Gasteiger partial charge is 0.352 e. The van der Waals surface area contributed by atoms with Crippen molar-refractivity contribution < 1.29 is 4.79 Å². The summed E-state index contributed by atoms with van der Waals surface area (Å²) >= 11 is 0. The number of likely N-dealkylation sites (N-methyl/N-ethyl adjacent to an activating group) is 1. The van der Waals surface area contributed by atoms with Gasteiger partial charge in [0.15, 0.2) is 0 Å². The van der Waals surface area contributed by atoms with E-state index in [1.807, 2.05) is 0 Å². The summed E-state index contributed by atoms with van der Waals surface area (Å²) in [5.74, 6) is 2.46. The first kappa shape index (κ1) is 33.6. The lowest BCUT2D eigenvalue weighted by Crippen LogP contribution is -2.50. The Balaban J connectivity index is 1.53. The molecule has 0 aromatic carbocycles. The summed E-state index contributed by atoms with van der Waals surface area (Å²) < 4.78 is 0. The summed E-state index contributed by atoms with van der Waals surface area (Å²) in [5, 5.41) is 3.51. The van der Waals surface area contributed by atoms with Crippen molar-refractivity contribution in [2.75, 3.05) is 13.6 Å². The molecule has 1 aliphatic heterocycles. The zero-order valence-corrected chi connectivity index (χ0v) is 26.3. The monoisotopic (exact) mass is 533 g/mol. The van der Waals surface area contributed by atoms with Gasteiger partial charge in [0.25, 0.3) is 0 Å².